The summed E-state index contributed by atoms with van der Waals surface area (Å²) in [5.41, 5.74) is 10.7. The van der Waals surface area contributed by atoms with Crippen LogP contribution in [0.1, 0.15) is 19.3 Å². The molecule has 0 spiro atoms. The minimum atomic E-state index is -0.618. The van der Waals surface area contributed by atoms with Crippen LogP contribution < -0.4 is 11.5 Å². The van der Waals surface area contributed by atoms with E-state index in [1.807, 2.05) is 0 Å². The molecule has 0 rings (SSSR count). The van der Waals surface area contributed by atoms with Gasteiger partial charge >= 0.3 is 5.97 Å². The standard InChI is InChI=1S/C8H14N2O2/c1-2-12-8(11)7(10)5-3-4-6-9/h1,7H,3-6,9-10H2/t7-/m0/s1. The SMILES string of the molecule is C#COC(=O)[C@@H](N)CCCCN. The quantitative estimate of drug-likeness (QED) is 0.333. The maximum Gasteiger partial charge on any atom is 0.336 e. The van der Waals surface area contributed by atoms with E-state index in [2.05, 4.69) is 4.74 Å². The van der Waals surface area contributed by atoms with Crippen LogP contribution in [0.25, 0.3) is 0 Å². The molecule has 0 aliphatic heterocycles. The number of hydrogen-bond donors (Lipinski definition) is 2. The van der Waals surface area contributed by atoms with Crippen molar-refractivity contribution in [1.82, 2.24) is 0 Å². The summed E-state index contributed by atoms with van der Waals surface area (Å²) in [5.74, 6) is -0.547. The summed E-state index contributed by atoms with van der Waals surface area (Å²) in [5, 5.41) is 0. The van der Waals surface area contributed by atoms with Gasteiger partial charge in [-0.15, -0.1) is 0 Å². The van der Waals surface area contributed by atoms with Crippen molar-refractivity contribution in [2.45, 2.75) is 25.3 Å². The predicted octanol–water partition coefficient (Wildman–Crippen LogP) is -0.423. The van der Waals surface area contributed by atoms with Gasteiger partial charge in [0.15, 0.2) is 0 Å². The second-order valence-corrected chi connectivity index (χ2v) is 2.43. The van der Waals surface area contributed by atoms with Crippen LogP contribution in [0.4, 0.5) is 0 Å². The normalized spacial score (nSPS) is 11.8. The van der Waals surface area contributed by atoms with Gasteiger partial charge in [0, 0.05) is 0 Å². The molecule has 0 aliphatic rings. The molecule has 4 heteroatoms. The number of carbonyl (C=O) groups is 1. The van der Waals surface area contributed by atoms with E-state index in [1.54, 1.807) is 6.11 Å². The van der Waals surface area contributed by atoms with E-state index in [-0.39, 0.29) is 0 Å². The highest BCUT2D eigenvalue weighted by Crippen LogP contribution is 1.99. The summed E-state index contributed by atoms with van der Waals surface area (Å²) in [4.78, 5) is 10.8. The van der Waals surface area contributed by atoms with Gasteiger partial charge in [0.25, 0.3) is 0 Å². The van der Waals surface area contributed by atoms with Crippen LogP contribution in [0.15, 0.2) is 0 Å². The summed E-state index contributed by atoms with van der Waals surface area (Å²) in [6, 6.07) is -0.618. The topological polar surface area (TPSA) is 78.3 Å². The minimum Gasteiger partial charge on any atom is -0.371 e. The van der Waals surface area contributed by atoms with Gasteiger partial charge in [-0.25, -0.2) is 4.79 Å². The van der Waals surface area contributed by atoms with Gasteiger partial charge in [-0.1, -0.05) is 12.8 Å². The summed E-state index contributed by atoms with van der Waals surface area (Å²) < 4.78 is 4.27. The average molecular weight is 170 g/mol. The lowest BCUT2D eigenvalue weighted by molar-refractivity contribution is -0.138. The lowest BCUT2D eigenvalue weighted by atomic mass is 10.1. The number of ether oxygens (including phenoxy) is 1. The van der Waals surface area contributed by atoms with E-state index < -0.39 is 12.0 Å². The van der Waals surface area contributed by atoms with Crippen molar-refractivity contribution >= 4 is 5.97 Å². The smallest absolute Gasteiger partial charge is 0.336 e. The Bertz CT molecular complexity index is 174. The molecule has 0 saturated carbocycles. The molecular weight excluding hydrogens is 156 g/mol. The number of carbonyl (C=O) groups excluding carboxylic acids is 1. The number of terminal acetylenes is 1. The molecule has 0 saturated heterocycles. The molecule has 0 fully saturated rings. The molecular formula is C8H14N2O2. The van der Waals surface area contributed by atoms with Gasteiger partial charge < -0.3 is 16.2 Å². The van der Waals surface area contributed by atoms with E-state index in [1.165, 1.54) is 0 Å². The second kappa shape index (κ2) is 6.65. The Hall–Kier alpha value is -1.05. The number of esters is 1. The minimum absolute atomic E-state index is 0.547. The van der Waals surface area contributed by atoms with Crippen LogP contribution in [-0.2, 0) is 9.53 Å². The number of rotatable bonds is 5. The van der Waals surface area contributed by atoms with Crippen LogP contribution >= 0.6 is 0 Å². The van der Waals surface area contributed by atoms with Crippen molar-refractivity contribution in [3.63, 3.8) is 0 Å². The van der Waals surface area contributed by atoms with Crippen LogP contribution in [0.2, 0.25) is 0 Å². The average Bonchev–Trinajstić information content (AvgIpc) is 2.05. The fourth-order valence-corrected chi connectivity index (χ4v) is 0.760. The van der Waals surface area contributed by atoms with Crippen molar-refractivity contribution < 1.29 is 9.53 Å². The number of unbranched alkanes of at least 4 members (excludes halogenated alkanes) is 1. The fourth-order valence-electron chi connectivity index (χ4n) is 0.760. The van der Waals surface area contributed by atoms with E-state index in [4.69, 9.17) is 17.9 Å². The zero-order valence-electron chi connectivity index (χ0n) is 6.95. The molecule has 0 bridgehead atoms. The number of hydrogen-bond acceptors (Lipinski definition) is 4. The Labute approximate surface area is 72.2 Å². The van der Waals surface area contributed by atoms with E-state index in [9.17, 15) is 4.79 Å². The van der Waals surface area contributed by atoms with Crippen molar-refractivity contribution in [1.29, 1.82) is 0 Å². The first kappa shape index (κ1) is 11.0. The molecule has 1 atom stereocenters. The molecule has 0 radical (unpaired) electrons. The van der Waals surface area contributed by atoms with E-state index in [0.717, 1.165) is 12.8 Å². The molecule has 0 aromatic rings. The predicted molar refractivity (Wildman–Crippen MR) is 45.8 cm³/mol. The van der Waals surface area contributed by atoms with Crippen LogP contribution in [0, 0.1) is 12.5 Å². The Kier molecular flexibility index (Phi) is 6.07. The van der Waals surface area contributed by atoms with E-state index >= 15 is 0 Å². The van der Waals surface area contributed by atoms with Gasteiger partial charge in [0.05, 0.1) is 0 Å². The lowest BCUT2D eigenvalue weighted by Crippen LogP contribution is -2.31. The fraction of sp³-hybridized carbons (Fsp3) is 0.625. The first-order chi connectivity index (χ1) is 5.72. The van der Waals surface area contributed by atoms with Gasteiger partial charge in [-0.05, 0) is 19.4 Å². The lowest BCUT2D eigenvalue weighted by Gasteiger charge is -2.06. The molecule has 12 heavy (non-hydrogen) atoms. The highest BCUT2D eigenvalue weighted by atomic mass is 16.5. The van der Waals surface area contributed by atoms with Crippen molar-refractivity contribution in [3.8, 4) is 12.5 Å². The Balaban J connectivity index is 3.51. The summed E-state index contributed by atoms with van der Waals surface area (Å²) in [6.07, 6.45) is 8.78. The third-order valence-corrected chi connectivity index (χ3v) is 1.43. The molecule has 0 heterocycles. The van der Waals surface area contributed by atoms with E-state index in [0.29, 0.717) is 13.0 Å². The van der Waals surface area contributed by atoms with Crippen molar-refractivity contribution in [2.75, 3.05) is 6.54 Å². The van der Waals surface area contributed by atoms with Crippen LogP contribution in [0.5, 0.6) is 0 Å². The molecule has 0 aromatic heterocycles. The van der Waals surface area contributed by atoms with Gasteiger partial charge in [0.1, 0.15) is 12.1 Å². The zero-order chi connectivity index (χ0) is 9.40. The molecule has 0 amide bonds. The molecule has 4 N–H and O–H groups in total. The number of nitrogens with two attached hydrogens (primary N) is 2. The van der Waals surface area contributed by atoms with Crippen LogP contribution in [-0.4, -0.2) is 18.6 Å². The largest absolute Gasteiger partial charge is 0.371 e. The highest BCUT2D eigenvalue weighted by molar-refractivity contribution is 5.76. The molecule has 4 nitrogen and oxygen atoms in total. The first-order valence-corrected chi connectivity index (χ1v) is 3.84. The molecule has 0 aromatic carbocycles. The van der Waals surface area contributed by atoms with Crippen LogP contribution in [0.3, 0.4) is 0 Å². The summed E-state index contributed by atoms with van der Waals surface area (Å²) in [7, 11) is 0. The third kappa shape index (κ3) is 4.72. The van der Waals surface area contributed by atoms with Crippen molar-refractivity contribution in [3.05, 3.63) is 0 Å². The Morgan fingerprint density at radius 3 is 2.75 bits per heavy atom. The highest BCUT2D eigenvalue weighted by Gasteiger charge is 2.13. The maximum atomic E-state index is 10.8. The summed E-state index contributed by atoms with van der Waals surface area (Å²) in [6.45, 7) is 0.608. The molecule has 0 aliphatic carbocycles. The first-order valence-electron chi connectivity index (χ1n) is 3.84. The summed E-state index contributed by atoms with van der Waals surface area (Å²) >= 11 is 0. The van der Waals surface area contributed by atoms with Gasteiger partial charge in [-0.3, -0.25) is 0 Å². The maximum absolute atomic E-state index is 10.8. The zero-order valence-corrected chi connectivity index (χ0v) is 6.95. The Morgan fingerprint density at radius 2 is 2.25 bits per heavy atom. The monoisotopic (exact) mass is 170 g/mol. The van der Waals surface area contributed by atoms with Crippen molar-refractivity contribution in [2.24, 2.45) is 11.5 Å². The Morgan fingerprint density at radius 1 is 1.58 bits per heavy atom. The van der Waals surface area contributed by atoms with Gasteiger partial charge in [0.2, 0.25) is 0 Å². The molecule has 68 valence electrons. The van der Waals surface area contributed by atoms with Gasteiger partial charge in [-0.2, -0.15) is 0 Å². The molecule has 0 unspecified atom stereocenters. The third-order valence-electron chi connectivity index (χ3n) is 1.43. The second-order valence-electron chi connectivity index (χ2n) is 2.43.